The van der Waals surface area contributed by atoms with E-state index in [1.54, 1.807) is 11.8 Å². The fourth-order valence-electron chi connectivity index (χ4n) is 2.64. The Hall–Kier alpha value is -0.823. The maximum atomic E-state index is 11.3. The monoisotopic (exact) mass is 384 g/mol. The van der Waals surface area contributed by atoms with E-state index >= 15 is 0 Å². The van der Waals surface area contributed by atoms with E-state index in [0.29, 0.717) is 19.8 Å². The Morgan fingerprint density at radius 3 is 2.32 bits per heavy atom. The highest BCUT2D eigenvalue weighted by Crippen LogP contribution is 2.22. The summed E-state index contributed by atoms with van der Waals surface area (Å²) in [6.07, 6.45) is 0. The fraction of sp³-hybridized carbons (Fsp3) is 0.632. The maximum Gasteiger partial charge on any atom is 0.303 e. The summed E-state index contributed by atoms with van der Waals surface area (Å²) in [6.45, 7) is 9.74. The van der Waals surface area contributed by atoms with Gasteiger partial charge in [0.1, 0.15) is 0 Å². The van der Waals surface area contributed by atoms with E-state index in [0.717, 1.165) is 29.4 Å². The number of carbonyl (C=O) groups is 1. The van der Waals surface area contributed by atoms with Crippen molar-refractivity contribution in [2.45, 2.75) is 57.9 Å². The normalized spacial score (nSPS) is 12.8. The van der Waals surface area contributed by atoms with Gasteiger partial charge in [-0.05, 0) is 23.7 Å². The van der Waals surface area contributed by atoms with Crippen LogP contribution in [-0.4, -0.2) is 38.7 Å². The van der Waals surface area contributed by atoms with Crippen molar-refractivity contribution in [3.63, 3.8) is 0 Å². The first-order chi connectivity index (χ1) is 12.0. The molecule has 0 saturated carbocycles. The van der Waals surface area contributed by atoms with Crippen LogP contribution in [0.5, 0.6) is 0 Å². The van der Waals surface area contributed by atoms with Crippen LogP contribution >= 0.6 is 11.8 Å². The number of hydrogen-bond acceptors (Lipinski definition) is 5. The summed E-state index contributed by atoms with van der Waals surface area (Å²) in [7, 11) is -1.54. The zero-order valence-electron chi connectivity index (χ0n) is 16.0. The second kappa shape index (κ2) is 12.5. The summed E-state index contributed by atoms with van der Waals surface area (Å²) >= 11 is 1.59. The summed E-state index contributed by atoms with van der Waals surface area (Å²) in [6, 6.07) is 13.4. The van der Waals surface area contributed by atoms with Crippen molar-refractivity contribution in [1.29, 1.82) is 0 Å². The van der Waals surface area contributed by atoms with Crippen LogP contribution in [0.25, 0.3) is 0 Å². The van der Waals surface area contributed by atoms with Gasteiger partial charge in [-0.3, -0.25) is 4.79 Å². The molecular formula is C19H32O4SSi. The van der Waals surface area contributed by atoms with Crippen LogP contribution in [0.3, 0.4) is 0 Å². The van der Waals surface area contributed by atoms with Crippen molar-refractivity contribution < 1.29 is 18.7 Å². The van der Waals surface area contributed by atoms with E-state index in [1.165, 1.54) is 6.92 Å². The summed E-state index contributed by atoms with van der Waals surface area (Å²) < 4.78 is 17.3. The first kappa shape index (κ1) is 22.2. The molecule has 0 amide bonds. The van der Waals surface area contributed by atoms with Gasteiger partial charge in [0.05, 0.1) is 13.2 Å². The standard InChI is InChI=1S/C19H32O4SSi/c1-5-25(6-2,7-3)22-13-14-24-19(23-17(4)20)16-21-15-18-11-9-8-10-12-18/h8-12,19H,5-7,13-16H2,1-4H3/t19-/m0/s1. The van der Waals surface area contributed by atoms with Gasteiger partial charge in [-0.15, -0.1) is 11.8 Å². The highest BCUT2D eigenvalue weighted by atomic mass is 32.2. The molecule has 6 heteroatoms. The van der Waals surface area contributed by atoms with Gasteiger partial charge in [-0.25, -0.2) is 0 Å². The lowest BCUT2D eigenvalue weighted by Gasteiger charge is -2.28. The molecule has 0 aliphatic heterocycles. The lowest BCUT2D eigenvalue weighted by atomic mass is 10.2. The molecule has 0 aliphatic rings. The van der Waals surface area contributed by atoms with Crippen molar-refractivity contribution >= 4 is 26.0 Å². The van der Waals surface area contributed by atoms with Crippen LogP contribution in [0.1, 0.15) is 33.3 Å². The molecule has 142 valence electrons. The third-order valence-electron chi connectivity index (χ3n) is 4.39. The Morgan fingerprint density at radius 2 is 1.76 bits per heavy atom. The largest absolute Gasteiger partial charge is 0.449 e. The average molecular weight is 385 g/mol. The third kappa shape index (κ3) is 8.90. The number of carbonyl (C=O) groups excluding carboxylic acids is 1. The van der Waals surface area contributed by atoms with Crippen molar-refractivity contribution in [2.75, 3.05) is 19.0 Å². The van der Waals surface area contributed by atoms with Crippen molar-refractivity contribution in [2.24, 2.45) is 0 Å². The second-order valence-electron chi connectivity index (χ2n) is 6.00. The van der Waals surface area contributed by atoms with Gasteiger partial charge in [0.2, 0.25) is 0 Å². The zero-order chi connectivity index (χ0) is 18.5. The number of rotatable bonds is 13. The zero-order valence-corrected chi connectivity index (χ0v) is 17.8. The predicted octanol–water partition coefficient (Wildman–Crippen LogP) is 4.85. The quantitative estimate of drug-likeness (QED) is 0.211. The number of hydrogen-bond donors (Lipinski definition) is 0. The molecular weight excluding hydrogens is 352 g/mol. The van der Waals surface area contributed by atoms with Gasteiger partial charge in [0.25, 0.3) is 0 Å². The van der Waals surface area contributed by atoms with Crippen LogP contribution in [0.15, 0.2) is 30.3 Å². The summed E-state index contributed by atoms with van der Waals surface area (Å²) in [5, 5.41) is 0. The molecule has 1 rings (SSSR count). The van der Waals surface area contributed by atoms with Gasteiger partial charge >= 0.3 is 5.97 Å². The molecule has 1 atom stereocenters. The Kier molecular flexibility index (Phi) is 11.1. The van der Waals surface area contributed by atoms with Gasteiger partial charge in [0, 0.05) is 19.3 Å². The van der Waals surface area contributed by atoms with Crippen LogP contribution in [-0.2, 0) is 25.3 Å². The van der Waals surface area contributed by atoms with Crippen LogP contribution < -0.4 is 0 Å². The number of ether oxygens (including phenoxy) is 2. The Labute approximate surface area is 157 Å². The maximum absolute atomic E-state index is 11.3. The summed E-state index contributed by atoms with van der Waals surface area (Å²) in [4.78, 5) is 11.3. The fourth-order valence-corrected chi connectivity index (χ4v) is 6.28. The molecule has 1 aromatic carbocycles. The molecule has 0 aliphatic carbocycles. The molecule has 0 unspecified atom stereocenters. The number of benzene rings is 1. The third-order valence-corrected chi connectivity index (χ3v) is 10.1. The van der Waals surface area contributed by atoms with E-state index in [9.17, 15) is 4.79 Å². The molecule has 0 aromatic heterocycles. The lowest BCUT2D eigenvalue weighted by molar-refractivity contribution is -0.144. The smallest absolute Gasteiger partial charge is 0.303 e. The van der Waals surface area contributed by atoms with Crippen LogP contribution in [0.4, 0.5) is 0 Å². The molecule has 0 heterocycles. The van der Waals surface area contributed by atoms with E-state index in [1.807, 2.05) is 30.3 Å². The highest BCUT2D eigenvalue weighted by molar-refractivity contribution is 7.99. The number of thioether (sulfide) groups is 1. The van der Waals surface area contributed by atoms with Crippen molar-refractivity contribution in [3.8, 4) is 0 Å². The first-order valence-electron chi connectivity index (χ1n) is 9.09. The molecule has 0 spiro atoms. The van der Waals surface area contributed by atoms with Gasteiger partial charge in [-0.1, -0.05) is 51.1 Å². The van der Waals surface area contributed by atoms with Gasteiger partial charge in [-0.2, -0.15) is 0 Å². The molecule has 0 bridgehead atoms. The minimum Gasteiger partial charge on any atom is -0.449 e. The van der Waals surface area contributed by atoms with Gasteiger partial charge < -0.3 is 13.9 Å². The Morgan fingerprint density at radius 1 is 1.12 bits per heavy atom. The molecule has 0 saturated heterocycles. The van der Waals surface area contributed by atoms with E-state index in [-0.39, 0.29) is 11.4 Å². The molecule has 25 heavy (non-hydrogen) atoms. The molecule has 0 N–H and O–H groups in total. The SMILES string of the molecule is CC[Si](CC)(CC)OCCS[C@@H](COCc1ccccc1)OC(C)=O. The van der Waals surface area contributed by atoms with Crippen molar-refractivity contribution in [1.82, 2.24) is 0 Å². The topological polar surface area (TPSA) is 44.8 Å². The predicted molar refractivity (Wildman–Crippen MR) is 107 cm³/mol. The molecule has 4 nitrogen and oxygen atoms in total. The van der Waals surface area contributed by atoms with Gasteiger partial charge in [0.15, 0.2) is 13.8 Å². The summed E-state index contributed by atoms with van der Waals surface area (Å²) in [5.41, 5.74) is 0.827. The Balaban J connectivity index is 2.36. The number of esters is 1. The van der Waals surface area contributed by atoms with Crippen LogP contribution in [0, 0.1) is 0 Å². The van der Waals surface area contributed by atoms with E-state index in [2.05, 4.69) is 20.8 Å². The lowest BCUT2D eigenvalue weighted by Crippen LogP contribution is -2.36. The van der Waals surface area contributed by atoms with Crippen molar-refractivity contribution in [3.05, 3.63) is 35.9 Å². The highest BCUT2D eigenvalue weighted by Gasteiger charge is 2.28. The van der Waals surface area contributed by atoms with Crippen LogP contribution in [0.2, 0.25) is 18.1 Å². The summed E-state index contributed by atoms with van der Waals surface area (Å²) in [5.74, 6) is 0.530. The Bertz CT molecular complexity index is 471. The minimum absolute atomic E-state index is 0.277. The minimum atomic E-state index is -1.54. The molecule has 0 radical (unpaired) electrons. The average Bonchev–Trinajstić information content (AvgIpc) is 2.63. The second-order valence-corrected chi connectivity index (χ2v) is 12.0. The van der Waals surface area contributed by atoms with E-state index in [4.69, 9.17) is 13.9 Å². The van der Waals surface area contributed by atoms with E-state index < -0.39 is 8.32 Å². The molecule has 0 fully saturated rings. The molecule has 1 aromatic rings. The first-order valence-corrected chi connectivity index (χ1v) is 12.7.